The molecule has 0 saturated carbocycles. The van der Waals surface area contributed by atoms with Gasteiger partial charge in [-0.25, -0.2) is 4.98 Å². The molecule has 0 atom stereocenters. The minimum atomic E-state index is -0.473. The number of carbonyl (C=O) groups excluding carboxylic acids is 1. The molecule has 1 aromatic heterocycles. The molecule has 98 valence electrons. The zero-order valence-corrected chi connectivity index (χ0v) is 11.0. The third kappa shape index (κ3) is 2.82. The van der Waals surface area contributed by atoms with Crippen molar-refractivity contribution in [2.45, 2.75) is 13.5 Å². The highest BCUT2D eigenvalue weighted by molar-refractivity contribution is 6.29. The van der Waals surface area contributed by atoms with Crippen LogP contribution >= 0.6 is 11.6 Å². The lowest BCUT2D eigenvalue weighted by Gasteiger charge is -2.09. The van der Waals surface area contributed by atoms with Gasteiger partial charge in [0.15, 0.2) is 5.15 Å². The summed E-state index contributed by atoms with van der Waals surface area (Å²) < 4.78 is 1.46. The first-order chi connectivity index (χ1) is 8.99. The fourth-order valence-electron chi connectivity index (χ4n) is 1.76. The molecule has 0 radical (unpaired) electrons. The maximum absolute atomic E-state index is 11.8. The first-order valence-electron chi connectivity index (χ1n) is 5.59. The lowest BCUT2D eigenvalue weighted by atomic mass is 10.0. The molecule has 0 saturated heterocycles. The fraction of sp³-hybridized carbons (Fsp3) is 0.154. The maximum atomic E-state index is 11.8. The third-order valence-electron chi connectivity index (χ3n) is 2.84. The molecule has 1 aromatic carbocycles. The second kappa shape index (κ2) is 5.24. The van der Waals surface area contributed by atoms with Gasteiger partial charge in [0.1, 0.15) is 0 Å². The van der Waals surface area contributed by atoms with Crippen LogP contribution in [0.15, 0.2) is 35.4 Å². The molecular formula is C13H12ClN3O2. The predicted molar refractivity (Wildman–Crippen MR) is 72.3 cm³/mol. The average Bonchev–Trinajstić information content (AvgIpc) is 2.37. The van der Waals surface area contributed by atoms with E-state index in [1.165, 1.54) is 10.8 Å². The van der Waals surface area contributed by atoms with Gasteiger partial charge >= 0.3 is 0 Å². The standard InChI is InChI=1S/C13H12ClN3O2/c1-8-6-9(12(15)18)2-3-10(8)7-17-5-4-16-11(14)13(17)19/h2-6H,7H2,1H3,(H2,15,18). The van der Waals surface area contributed by atoms with Crippen molar-refractivity contribution in [3.05, 3.63) is 62.8 Å². The monoisotopic (exact) mass is 277 g/mol. The Morgan fingerprint density at radius 3 is 2.84 bits per heavy atom. The van der Waals surface area contributed by atoms with Crippen LogP contribution < -0.4 is 11.3 Å². The molecule has 0 aliphatic rings. The minimum absolute atomic E-state index is 0.0612. The first kappa shape index (κ1) is 13.3. The molecule has 1 amide bonds. The molecule has 2 rings (SSSR count). The minimum Gasteiger partial charge on any atom is -0.366 e. The zero-order valence-electron chi connectivity index (χ0n) is 10.3. The van der Waals surface area contributed by atoms with Crippen LogP contribution in [0.1, 0.15) is 21.5 Å². The van der Waals surface area contributed by atoms with Gasteiger partial charge in [0.2, 0.25) is 5.91 Å². The van der Waals surface area contributed by atoms with Crippen molar-refractivity contribution >= 4 is 17.5 Å². The highest BCUT2D eigenvalue weighted by atomic mass is 35.5. The number of benzene rings is 1. The number of rotatable bonds is 3. The molecule has 5 nitrogen and oxygen atoms in total. The van der Waals surface area contributed by atoms with Gasteiger partial charge < -0.3 is 10.3 Å². The van der Waals surface area contributed by atoms with Gasteiger partial charge in [-0.3, -0.25) is 9.59 Å². The van der Waals surface area contributed by atoms with Crippen molar-refractivity contribution in [2.75, 3.05) is 0 Å². The van der Waals surface area contributed by atoms with E-state index in [0.29, 0.717) is 12.1 Å². The summed E-state index contributed by atoms with van der Waals surface area (Å²) in [5.41, 5.74) is 7.11. The number of hydrogen-bond acceptors (Lipinski definition) is 3. The van der Waals surface area contributed by atoms with Crippen LogP contribution in [0.25, 0.3) is 0 Å². The summed E-state index contributed by atoms with van der Waals surface area (Å²) in [4.78, 5) is 26.5. The highest BCUT2D eigenvalue weighted by Gasteiger charge is 2.07. The van der Waals surface area contributed by atoms with Crippen molar-refractivity contribution < 1.29 is 4.79 Å². The predicted octanol–water partition coefficient (Wildman–Crippen LogP) is 1.35. The van der Waals surface area contributed by atoms with E-state index >= 15 is 0 Å². The number of aryl methyl sites for hydroxylation is 1. The Morgan fingerprint density at radius 1 is 1.47 bits per heavy atom. The third-order valence-corrected chi connectivity index (χ3v) is 3.10. The summed E-state index contributed by atoms with van der Waals surface area (Å²) in [6.45, 7) is 2.22. The molecule has 19 heavy (non-hydrogen) atoms. The SMILES string of the molecule is Cc1cc(C(N)=O)ccc1Cn1ccnc(Cl)c1=O. The summed E-state index contributed by atoms with van der Waals surface area (Å²) in [5.74, 6) is -0.473. The van der Waals surface area contributed by atoms with Crippen molar-refractivity contribution in [2.24, 2.45) is 5.73 Å². The van der Waals surface area contributed by atoms with Crippen LogP contribution in [0, 0.1) is 6.92 Å². The fourth-order valence-corrected chi connectivity index (χ4v) is 1.92. The Morgan fingerprint density at radius 2 is 2.21 bits per heavy atom. The Labute approximate surface area is 114 Å². The van der Waals surface area contributed by atoms with Crippen LogP contribution in [0.3, 0.4) is 0 Å². The molecule has 2 aromatic rings. The Bertz CT molecular complexity index is 695. The summed E-state index contributed by atoms with van der Waals surface area (Å²) in [5, 5.41) is -0.0612. The molecule has 0 spiro atoms. The number of primary amides is 1. The molecule has 6 heteroatoms. The molecular weight excluding hydrogens is 266 g/mol. The summed E-state index contributed by atoms with van der Waals surface area (Å²) in [6, 6.07) is 5.11. The van der Waals surface area contributed by atoms with Gasteiger partial charge in [-0.1, -0.05) is 17.7 Å². The van der Waals surface area contributed by atoms with Crippen molar-refractivity contribution in [3.63, 3.8) is 0 Å². The molecule has 0 fully saturated rings. The zero-order chi connectivity index (χ0) is 14.0. The van der Waals surface area contributed by atoms with Gasteiger partial charge in [0, 0.05) is 18.0 Å². The number of carbonyl (C=O) groups is 1. The van der Waals surface area contributed by atoms with Crippen LogP contribution in [-0.2, 0) is 6.54 Å². The van der Waals surface area contributed by atoms with E-state index in [9.17, 15) is 9.59 Å². The van der Waals surface area contributed by atoms with E-state index in [2.05, 4.69) is 4.98 Å². The average molecular weight is 278 g/mol. The Balaban J connectivity index is 2.36. The summed E-state index contributed by atoms with van der Waals surface area (Å²) in [6.07, 6.45) is 3.03. The summed E-state index contributed by atoms with van der Waals surface area (Å²) >= 11 is 5.68. The van der Waals surface area contributed by atoms with Crippen LogP contribution in [0.2, 0.25) is 5.15 Å². The van der Waals surface area contributed by atoms with Gasteiger partial charge in [0.05, 0.1) is 6.54 Å². The van der Waals surface area contributed by atoms with Crippen LogP contribution in [-0.4, -0.2) is 15.5 Å². The lowest BCUT2D eigenvalue weighted by molar-refractivity contribution is 0.1000. The van der Waals surface area contributed by atoms with Gasteiger partial charge in [-0.15, -0.1) is 0 Å². The molecule has 0 bridgehead atoms. The normalized spacial score (nSPS) is 10.4. The van der Waals surface area contributed by atoms with Crippen LogP contribution in [0.5, 0.6) is 0 Å². The highest BCUT2D eigenvalue weighted by Crippen LogP contribution is 2.12. The van der Waals surface area contributed by atoms with Gasteiger partial charge in [0.25, 0.3) is 5.56 Å². The van der Waals surface area contributed by atoms with Crippen LogP contribution in [0.4, 0.5) is 0 Å². The Kier molecular flexibility index (Phi) is 3.66. The van der Waals surface area contributed by atoms with Gasteiger partial charge in [-0.2, -0.15) is 0 Å². The topological polar surface area (TPSA) is 78.0 Å². The summed E-state index contributed by atoms with van der Waals surface area (Å²) in [7, 11) is 0. The maximum Gasteiger partial charge on any atom is 0.288 e. The van der Waals surface area contributed by atoms with E-state index in [1.807, 2.05) is 6.92 Å². The second-order valence-electron chi connectivity index (χ2n) is 4.16. The number of hydrogen-bond donors (Lipinski definition) is 1. The first-order valence-corrected chi connectivity index (χ1v) is 5.97. The molecule has 1 heterocycles. The van der Waals surface area contributed by atoms with E-state index in [4.69, 9.17) is 17.3 Å². The Hall–Kier alpha value is -2.14. The number of aromatic nitrogens is 2. The molecule has 0 unspecified atom stereocenters. The van der Waals surface area contributed by atoms with Crippen molar-refractivity contribution in [3.8, 4) is 0 Å². The van der Waals surface area contributed by atoms with Crippen molar-refractivity contribution in [1.29, 1.82) is 0 Å². The molecule has 0 aliphatic heterocycles. The van der Waals surface area contributed by atoms with E-state index in [0.717, 1.165) is 11.1 Å². The molecule has 2 N–H and O–H groups in total. The number of nitrogens with zero attached hydrogens (tertiary/aromatic N) is 2. The smallest absolute Gasteiger partial charge is 0.288 e. The largest absolute Gasteiger partial charge is 0.366 e. The second-order valence-corrected chi connectivity index (χ2v) is 4.51. The van der Waals surface area contributed by atoms with Gasteiger partial charge in [-0.05, 0) is 30.2 Å². The van der Waals surface area contributed by atoms with Crippen molar-refractivity contribution in [1.82, 2.24) is 9.55 Å². The van der Waals surface area contributed by atoms with E-state index < -0.39 is 5.91 Å². The van der Waals surface area contributed by atoms with E-state index in [-0.39, 0.29) is 10.7 Å². The molecule has 0 aliphatic carbocycles. The van der Waals surface area contributed by atoms with E-state index in [1.54, 1.807) is 24.4 Å². The number of nitrogens with two attached hydrogens (primary N) is 1. The quantitative estimate of drug-likeness (QED) is 0.920. The lowest BCUT2D eigenvalue weighted by Crippen LogP contribution is -2.21. The number of amides is 1. The number of halogens is 1.